The molecule has 0 atom stereocenters. The van der Waals surface area contributed by atoms with Gasteiger partial charge in [0.05, 0.1) is 11.5 Å². The van der Waals surface area contributed by atoms with Crippen LogP contribution in [-0.2, 0) is 4.79 Å². The van der Waals surface area contributed by atoms with E-state index in [4.69, 9.17) is 0 Å². The third kappa shape index (κ3) is 3.01. The van der Waals surface area contributed by atoms with Crippen LogP contribution in [0.15, 0.2) is 16.7 Å². The summed E-state index contributed by atoms with van der Waals surface area (Å²) in [5.41, 5.74) is -0.0910. The van der Waals surface area contributed by atoms with Crippen LogP contribution in [0.1, 0.15) is 6.42 Å². The molecular formula is C11H13BrN4O3. The lowest BCUT2D eigenvalue weighted by atomic mass is 10.3. The number of rotatable bonds is 2. The molecule has 1 aliphatic heterocycles. The predicted octanol–water partition coefficient (Wildman–Crippen LogP) is 1.42. The average molecular weight is 329 g/mol. The number of carbonyl (C=O) groups is 1. The summed E-state index contributed by atoms with van der Waals surface area (Å²) in [7, 11) is 1.73. The topological polar surface area (TPSA) is 79.6 Å². The molecule has 1 aromatic heterocycles. The first-order valence-corrected chi connectivity index (χ1v) is 6.57. The van der Waals surface area contributed by atoms with Gasteiger partial charge in [0.15, 0.2) is 0 Å². The Morgan fingerprint density at radius 3 is 2.89 bits per heavy atom. The first-order valence-electron chi connectivity index (χ1n) is 5.78. The van der Waals surface area contributed by atoms with Gasteiger partial charge in [0.1, 0.15) is 0 Å². The van der Waals surface area contributed by atoms with E-state index in [1.165, 1.54) is 12.3 Å². The Balaban J connectivity index is 2.35. The third-order valence-electron chi connectivity index (χ3n) is 2.98. The molecule has 0 aromatic carbocycles. The van der Waals surface area contributed by atoms with Crippen LogP contribution in [0, 0.1) is 10.1 Å². The van der Waals surface area contributed by atoms with E-state index < -0.39 is 4.92 Å². The number of nitro groups is 1. The van der Waals surface area contributed by atoms with Crippen LogP contribution in [0.3, 0.4) is 0 Å². The first kappa shape index (κ1) is 13.7. The molecule has 1 aliphatic rings. The Kier molecular flexibility index (Phi) is 3.98. The standard InChI is InChI=1S/C11H13BrN4O3/c1-14-3-2-4-15(7-10(14)17)11-9(16(18)19)5-8(12)6-13-11/h5-6H,2-4,7H2,1H3. The maximum atomic E-state index is 11.8. The van der Waals surface area contributed by atoms with Crippen molar-refractivity contribution in [1.82, 2.24) is 9.88 Å². The van der Waals surface area contributed by atoms with Gasteiger partial charge in [-0.25, -0.2) is 4.98 Å². The van der Waals surface area contributed by atoms with Crippen LogP contribution in [0.5, 0.6) is 0 Å². The summed E-state index contributed by atoms with van der Waals surface area (Å²) in [6.45, 7) is 1.34. The summed E-state index contributed by atoms with van der Waals surface area (Å²) in [6.07, 6.45) is 2.26. The first-order chi connectivity index (χ1) is 8.99. The zero-order valence-corrected chi connectivity index (χ0v) is 12.0. The van der Waals surface area contributed by atoms with Crippen molar-refractivity contribution in [3.8, 4) is 0 Å². The number of nitrogens with zero attached hydrogens (tertiary/aromatic N) is 4. The van der Waals surface area contributed by atoms with Gasteiger partial charge in [0, 0.05) is 36.9 Å². The second kappa shape index (κ2) is 5.52. The summed E-state index contributed by atoms with van der Waals surface area (Å²) in [4.78, 5) is 29.8. The number of amides is 1. The molecule has 0 spiro atoms. The lowest BCUT2D eigenvalue weighted by molar-refractivity contribution is -0.384. The second-order valence-electron chi connectivity index (χ2n) is 4.34. The van der Waals surface area contributed by atoms with Crippen molar-refractivity contribution in [3.63, 3.8) is 0 Å². The van der Waals surface area contributed by atoms with Gasteiger partial charge in [-0.1, -0.05) is 0 Å². The van der Waals surface area contributed by atoms with Gasteiger partial charge in [0.25, 0.3) is 0 Å². The fourth-order valence-electron chi connectivity index (χ4n) is 1.97. The summed E-state index contributed by atoms with van der Waals surface area (Å²) in [5, 5.41) is 11.1. The Bertz CT molecular complexity index is 523. The number of hydrogen-bond acceptors (Lipinski definition) is 5. The van der Waals surface area contributed by atoms with Crippen molar-refractivity contribution in [2.45, 2.75) is 6.42 Å². The molecule has 1 amide bonds. The van der Waals surface area contributed by atoms with Crippen molar-refractivity contribution < 1.29 is 9.72 Å². The molecule has 19 heavy (non-hydrogen) atoms. The van der Waals surface area contributed by atoms with Gasteiger partial charge in [-0.3, -0.25) is 14.9 Å². The maximum Gasteiger partial charge on any atom is 0.312 e. The molecule has 1 aromatic rings. The Morgan fingerprint density at radius 2 is 2.21 bits per heavy atom. The second-order valence-corrected chi connectivity index (χ2v) is 5.26. The third-order valence-corrected chi connectivity index (χ3v) is 3.42. The Morgan fingerprint density at radius 1 is 1.47 bits per heavy atom. The van der Waals surface area contributed by atoms with Crippen molar-refractivity contribution in [2.24, 2.45) is 0 Å². The minimum absolute atomic E-state index is 0.0588. The van der Waals surface area contributed by atoms with Crippen LogP contribution < -0.4 is 4.90 Å². The Hall–Kier alpha value is -1.70. The zero-order valence-electron chi connectivity index (χ0n) is 10.4. The lowest BCUT2D eigenvalue weighted by Gasteiger charge is -2.20. The SMILES string of the molecule is CN1CCCN(c2ncc(Br)cc2[N+](=O)[O-])CC1=O. The highest BCUT2D eigenvalue weighted by molar-refractivity contribution is 9.10. The number of hydrogen-bond donors (Lipinski definition) is 0. The summed E-state index contributed by atoms with van der Waals surface area (Å²) in [6, 6.07) is 1.40. The minimum atomic E-state index is -0.480. The van der Waals surface area contributed by atoms with Gasteiger partial charge in [-0.05, 0) is 22.4 Å². The molecule has 0 saturated carbocycles. The molecule has 0 unspecified atom stereocenters. The van der Waals surface area contributed by atoms with Gasteiger partial charge in [-0.15, -0.1) is 0 Å². The predicted molar refractivity (Wildman–Crippen MR) is 73.1 cm³/mol. The highest BCUT2D eigenvalue weighted by Gasteiger charge is 2.26. The van der Waals surface area contributed by atoms with Crippen LogP contribution in [-0.4, -0.2) is 47.4 Å². The molecule has 0 N–H and O–H groups in total. The van der Waals surface area contributed by atoms with Crippen LogP contribution >= 0.6 is 15.9 Å². The average Bonchev–Trinajstić information content (AvgIpc) is 2.52. The number of anilines is 1. The molecule has 1 fully saturated rings. The lowest BCUT2D eigenvalue weighted by Crippen LogP contribution is -2.35. The van der Waals surface area contributed by atoms with E-state index in [2.05, 4.69) is 20.9 Å². The van der Waals surface area contributed by atoms with Crippen LogP contribution in [0.4, 0.5) is 11.5 Å². The monoisotopic (exact) mass is 328 g/mol. The highest BCUT2D eigenvalue weighted by atomic mass is 79.9. The molecule has 8 heteroatoms. The highest BCUT2D eigenvalue weighted by Crippen LogP contribution is 2.29. The van der Waals surface area contributed by atoms with Gasteiger partial charge in [-0.2, -0.15) is 0 Å². The molecule has 0 aliphatic carbocycles. The van der Waals surface area contributed by atoms with Crippen molar-refractivity contribution in [2.75, 3.05) is 31.6 Å². The molecule has 2 rings (SSSR count). The number of carbonyl (C=O) groups excluding carboxylic acids is 1. The molecule has 2 heterocycles. The van der Waals surface area contributed by atoms with Gasteiger partial charge in [0.2, 0.25) is 11.7 Å². The van der Waals surface area contributed by atoms with Gasteiger partial charge < -0.3 is 9.80 Å². The van der Waals surface area contributed by atoms with E-state index in [0.29, 0.717) is 17.6 Å². The number of halogens is 1. The largest absolute Gasteiger partial charge is 0.344 e. The molecular weight excluding hydrogens is 316 g/mol. The van der Waals surface area contributed by atoms with E-state index in [-0.39, 0.29) is 24.0 Å². The quantitative estimate of drug-likeness (QED) is 0.606. The summed E-state index contributed by atoms with van der Waals surface area (Å²) >= 11 is 3.16. The summed E-state index contributed by atoms with van der Waals surface area (Å²) < 4.78 is 0.543. The van der Waals surface area contributed by atoms with E-state index in [1.807, 2.05) is 0 Å². The van der Waals surface area contributed by atoms with Crippen molar-refractivity contribution in [1.29, 1.82) is 0 Å². The fourth-order valence-corrected chi connectivity index (χ4v) is 2.29. The Labute approximate surface area is 118 Å². The molecule has 0 radical (unpaired) electrons. The van der Waals surface area contributed by atoms with E-state index in [0.717, 1.165) is 6.42 Å². The smallest absolute Gasteiger partial charge is 0.312 e. The van der Waals surface area contributed by atoms with Gasteiger partial charge >= 0.3 is 5.69 Å². The van der Waals surface area contributed by atoms with E-state index in [1.54, 1.807) is 16.8 Å². The van der Waals surface area contributed by atoms with E-state index >= 15 is 0 Å². The number of pyridine rings is 1. The van der Waals surface area contributed by atoms with Crippen molar-refractivity contribution >= 4 is 33.3 Å². The number of aromatic nitrogens is 1. The van der Waals surface area contributed by atoms with Crippen LogP contribution in [0.2, 0.25) is 0 Å². The molecule has 0 bridgehead atoms. The zero-order chi connectivity index (χ0) is 14.0. The normalized spacial score (nSPS) is 16.4. The van der Waals surface area contributed by atoms with Crippen LogP contribution in [0.25, 0.3) is 0 Å². The fraction of sp³-hybridized carbons (Fsp3) is 0.455. The van der Waals surface area contributed by atoms with Crippen molar-refractivity contribution in [3.05, 3.63) is 26.9 Å². The minimum Gasteiger partial charge on any atom is -0.344 e. The van der Waals surface area contributed by atoms with E-state index in [9.17, 15) is 14.9 Å². The number of likely N-dealkylation sites (N-methyl/N-ethyl adjacent to an activating group) is 1. The summed E-state index contributed by atoms with van der Waals surface area (Å²) in [5.74, 6) is 0.188. The maximum absolute atomic E-state index is 11.8. The molecule has 7 nitrogen and oxygen atoms in total. The molecule has 1 saturated heterocycles. The molecule has 102 valence electrons.